The normalized spacial score (nSPS) is 11.5. The van der Waals surface area contributed by atoms with Crippen molar-refractivity contribution >= 4 is 27.7 Å². The Balaban J connectivity index is 2.03. The van der Waals surface area contributed by atoms with Crippen LogP contribution in [0.25, 0.3) is 6.08 Å². The zero-order valence-electron chi connectivity index (χ0n) is 20.7. The van der Waals surface area contributed by atoms with E-state index in [4.69, 9.17) is 9.47 Å². The van der Waals surface area contributed by atoms with E-state index in [0.29, 0.717) is 34.9 Å². The molecule has 0 radical (unpaired) electrons. The third-order valence-corrected chi connectivity index (χ3v) is 7.35. The number of amides is 1. The minimum absolute atomic E-state index is 0.0462. The van der Waals surface area contributed by atoms with Crippen LogP contribution in [0, 0.1) is 20.8 Å². The maximum atomic E-state index is 13.6. The number of sulfonamides is 1. The average molecular weight is 494 g/mol. The van der Waals surface area contributed by atoms with Gasteiger partial charge in [0.05, 0.1) is 24.3 Å². The number of methoxy groups -OCH3 is 1. The molecule has 1 amide bonds. The first-order chi connectivity index (χ1) is 16.7. The number of benzene rings is 3. The number of ether oxygens (including phenoxy) is 2. The zero-order valence-corrected chi connectivity index (χ0v) is 21.6. The van der Waals surface area contributed by atoms with E-state index in [1.165, 1.54) is 18.2 Å². The molecule has 0 saturated carbocycles. The largest absolute Gasteiger partial charge is 0.493 e. The van der Waals surface area contributed by atoms with Gasteiger partial charge >= 0.3 is 0 Å². The molecular weight excluding hydrogens is 462 g/mol. The van der Waals surface area contributed by atoms with Crippen LogP contribution >= 0.6 is 0 Å². The Morgan fingerprint density at radius 1 is 0.971 bits per heavy atom. The summed E-state index contributed by atoms with van der Waals surface area (Å²) < 4.78 is 39.2. The predicted octanol–water partition coefficient (Wildman–Crippen LogP) is 5.84. The van der Waals surface area contributed by atoms with Gasteiger partial charge in [-0.3, -0.25) is 4.79 Å². The van der Waals surface area contributed by atoms with Gasteiger partial charge in [0.15, 0.2) is 11.5 Å². The molecule has 0 fully saturated rings. The fourth-order valence-electron chi connectivity index (χ4n) is 3.49. The molecule has 0 aromatic heterocycles. The molecule has 184 valence electrons. The SMILES string of the molecule is CCCOc1ccc(/C=C/C(=O)N(c2cccc(C)c2C)S(=O)(=O)c2ccc(C)cc2)cc1OC. The van der Waals surface area contributed by atoms with Crippen molar-refractivity contribution in [1.29, 1.82) is 0 Å². The third-order valence-electron chi connectivity index (χ3n) is 5.62. The number of carbonyl (C=O) groups is 1. The van der Waals surface area contributed by atoms with Crippen molar-refractivity contribution in [2.75, 3.05) is 18.0 Å². The highest BCUT2D eigenvalue weighted by Crippen LogP contribution is 2.31. The van der Waals surface area contributed by atoms with Crippen LogP contribution in [0.2, 0.25) is 0 Å². The van der Waals surface area contributed by atoms with E-state index in [0.717, 1.165) is 21.9 Å². The summed E-state index contributed by atoms with van der Waals surface area (Å²) in [5.74, 6) is 0.466. The molecule has 0 aliphatic carbocycles. The van der Waals surface area contributed by atoms with E-state index in [2.05, 4.69) is 0 Å². The molecule has 0 heterocycles. The topological polar surface area (TPSA) is 72.9 Å². The molecular formula is C28H31NO5S. The van der Waals surface area contributed by atoms with Crippen molar-refractivity contribution in [1.82, 2.24) is 0 Å². The van der Waals surface area contributed by atoms with Gasteiger partial charge < -0.3 is 9.47 Å². The van der Waals surface area contributed by atoms with E-state index in [1.807, 2.05) is 26.8 Å². The highest BCUT2D eigenvalue weighted by atomic mass is 32.2. The molecule has 3 aromatic rings. The van der Waals surface area contributed by atoms with Crippen LogP contribution in [0.1, 0.15) is 35.6 Å². The molecule has 35 heavy (non-hydrogen) atoms. The number of aryl methyl sites for hydroxylation is 2. The van der Waals surface area contributed by atoms with Gasteiger partial charge in [0.25, 0.3) is 15.9 Å². The highest BCUT2D eigenvalue weighted by Gasteiger charge is 2.31. The Bertz CT molecular complexity index is 1330. The summed E-state index contributed by atoms with van der Waals surface area (Å²) in [5.41, 5.74) is 3.52. The summed E-state index contributed by atoms with van der Waals surface area (Å²) in [6, 6.07) is 17.0. The number of carbonyl (C=O) groups excluding carboxylic acids is 1. The van der Waals surface area contributed by atoms with Crippen molar-refractivity contribution in [3.05, 3.63) is 89.0 Å². The number of rotatable bonds is 9. The van der Waals surface area contributed by atoms with Crippen LogP contribution in [-0.2, 0) is 14.8 Å². The van der Waals surface area contributed by atoms with Crippen molar-refractivity contribution in [3.8, 4) is 11.5 Å². The van der Waals surface area contributed by atoms with E-state index < -0.39 is 15.9 Å². The van der Waals surface area contributed by atoms with Crippen LogP contribution in [0.5, 0.6) is 11.5 Å². The Morgan fingerprint density at radius 2 is 1.69 bits per heavy atom. The molecule has 0 aliphatic rings. The quantitative estimate of drug-likeness (QED) is 0.350. The second-order valence-electron chi connectivity index (χ2n) is 8.23. The molecule has 0 bridgehead atoms. The van der Waals surface area contributed by atoms with Crippen molar-refractivity contribution in [2.24, 2.45) is 0 Å². The van der Waals surface area contributed by atoms with Crippen molar-refractivity contribution in [3.63, 3.8) is 0 Å². The summed E-state index contributed by atoms with van der Waals surface area (Å²) in [5, 5.41) is 0. The molecule has 3 aromatic carbocycles. The van der Waals surface area contributed by atoms with Gasteiger partial charge in [-0.1, -0.05) is 42.8 Å². The highest BCUT2D eigenvalue weighted by molar-refractivity contribution is 7.93. The van der Waals surface area contributed by atoms with Gasteiger partial charge in [-0.25, -0.2) is 8.42 Å². The second-order valence-corrected chi connectivity index (χ2v) is 10.0. The van der Waals surface area contributed by atoms with Gasteiger partial charge in [-0.2, -0.15) is 4.31 Å². The fraction of sp³-hybridized carbons (Fsp3) is 0.250. The summed E-state index contributed by atoms with van der Waals surface area (Å²) in [6.45, 7) is 8.14. The lowest BCUT2D eigenvalue weighted by Crippen LogP contribution is -2.36. The Kier molecular flexibility index (Phi) is 8.35. The summed E-state index contributed by atoms with van der Waals surface area (Å²) >= 11 is 0. The molecule has 0 aliphatic heterocycles. The van der Waals surface area contributed by atoms with Gasteiger partial charge in [-0.05, 0) is 80.3 Å². The first kappa shape index (κ1) is 26.0. The lowest BCUT2D eigenvalue weighted by atomic mass is 10.1. The molecule has 0 spiro atoms. The molecule has 3 rings (SSSR count). The maximum Gasteiger partial charge on any atom is 0.271 e. The van der Waals surface area contributed by atoms with Crippen LogP contribution in [0.3, 0.4) is 0 Å². The van der Waals surface area contributed by atoms with Gasteiger partial charge in [0.1, 0.15) is 0 Å². The number of anilines is 1. The summed E-state index contributed by atoms with van der Waals surface area (Å²) in [4.78, 5) is 13.5. The zero-order chi connectivity index (χ0) is 25.6. The van der Waals surface area contributed by atoms with Gasteiger partial charge in [0.2, 0.25) is 0 Å². The molecule has 0 unspecified atom stereocenters. The van der Waals surface area contributed by atoms with Crippen LogP contribution in [0.4, 0.5) is 5.69 Å². The minimum atomic E-state index is -4.16. The standard InChI is InChI=1S/C28H31NO5S/c1-6-18-34-26-16-12-23(19-27(26)33-5)13-17-28(30)29(25-9-7-8-21(3)22(25)4)35(31,32)24-14-10-20(2)11-15-24/h7-17,19H,6,18H2,1-5H3/b17-13+. The number of nitrogens with zero attached hydrogens (tertiary/aromatic N) is 1. The van der Waals surface area contributed by atoms with E-state index >= 15 is 0 Å². The minimum Gasteiger partial charge on any atom is -0.493 e. The summed E-state index contributed by atoms with van der Waals surface area (Å²) in [7, 11) is -2.61. The van der Waals surface area contributed by atoms with Gasteiger partial charge in [-0.15, -0.1) is 0 Å². The Labute approximate surface area is 207 Å². The molecule has 0 atom stereocenters. The number of hydrogen-bond donors (Lipinski definition) is 0. The third kappa shape index (κ3) is 5.92. The van der Waals surface area contributed by atoms with Crippen LogP contribution in [-0.4, -0.2) is 28.0 Å². The first-order valence-corrected chi connectivity index (χ1v) is 12.8. The fourth-order valence-corrected chi connectivity index (χ4v) is 4.94. The van der Waals surface area contributed by atoms with Gasteiger partial charge in [0, 0.05) is 6.08 Å². The predicted molar refractivity (Wildman–Crippen MR) is 140 cm³/mol. The second kappa shape index (κ2) is 11.2. The Hall–Kier alpha value is -3.58. The molecule has 6 nitrogen and oxygen atoms in total. The monoisotopic (exact) mass is 493 g/mol. The van der Waals surface area contributed by atoms with Crippen LogP contribution < -0.4 is 13.8 Å². The van der Waals surface area contributed by atoms with Crippen LogP contribution in [0.15, 0.2) is 71.6 Å². The smallest absolute Gasteiger partial charge is 0.271 e. The maximum absolute atomic E-state index is 13.6. The van der Waals surface area contributed by atoms with E-state index in [1.54, 1.807) is 62.6 Å². The van der Waals surface area contributed by atoms with Crippen molar-refractivity contribution in [2.45, 2.75) is 39.0 Å². The molecule has 0 N–H and O–H groups in total. The summed E-state index contributed by atoms with van der Waals surface area (Å²) in [6.07, 6.45) is 3.69. The molecule has 0 saturated heterocycles. The molecule has 7 heteroatoms. The first-order valence-electron chi connectivity index (χ1n) is 11.4. The van der Waals surface area contributed by atoms with Crippen molar-refractivity contribution < 1.29 is 22.7 Å². The van der Waals surface area contributed by atoms with E-state index in [9.17, 15) is 13.2 Å². The lowest BCUT2D eigenvalue weighted by molar-refractivity contribution is -0.113. The number of hydrogen-bond acceptors (Lipinski definition) is 5. The average Bonchev–Trinajstić information content (AvgIpc) is 2.84. The Morgan fingerprint density at radius 3 is 2.34 bits per heavy atom. The lowest BCUT2D eigenvalue weighted by Gasteiger charge is -2.24. The van der Waals surface area contributed by atoms with E-state index in [-0.39, 0.29) is 4.90 Å².